The van der Waals surface area contributed by atoms with Gasteiger partial charge in [-0.25, -0.2) is 10.0 Å². The van der Waals surface area contributed by atoms with Gasteiger partial charge in [-0.3, -0.25) is 10.3 Å². The maximum Gasteiger partial charge on any atom is 0.117 e. The quantitative estimate of drug-likeness (QED) is 0.565. The fraction of sp³-hybridized carbons (Fsp3) is 0.640. The van der Waals surface area contributed by atoms with E-state index in [1.165, 1.54) is 49.5 Å². The molecule has 2 aliphatic heterocycles. The van der Waals surface area contributed by atoms with Crippen LogP contribution in [0.3, 0.4) is 0 Å². The van der Waals surface area contributed by atoms with E-state index in [0.717, 1.165) is 44.7 Å². The van der Waals surface area contributed by atoms with E-state index in [4.69, 9.17) is 9.72 Å². The van der Waals surface area contributed by atoms with E-state index in [-0.39, 0.29) is 11.8 Å². The van der Waals surface area contributed by atoms with Crippen molar-refractivity contribution in [2.24, 2.45) is 0 Å². The standard InChI is InChI=1S/C25H38N4O/c1-3-5-9-15-28(16-10-6-4-2)29-17-13-25(29)24(30-18-14-27-25)22-19-21-11-7-8-12-23(21)26-20-22/h7-8,11-12,19-20,24,27H,3-6,9-10,13-18H2,1-2H3. The van der Waals surface area contributed by atoms with Gasteiger partial charge in [-0.1, -0.05) is 57.7 Å². The van der Waals surface area contributed by atoms with Crippen LogP contribution in [0.5, 0.6) is 0 Å². The minimum absolute atomic E-state index is 0.0111. The molecule has 2 fully saturated rings. The largest absolute Gasteiger partial charge is 0.369 e. The number of rotatable bonds is 10. The van der Waals surface area contributed by atoms with Gasteiger partial charge in [0.25, 0.3) is 0 Å². The highest BCUT2D eigenvalue weighted by atomic mass is 16.5. The monoisotopic (exact) mass is 410 g/mol. The number of benzene rings is 1. The van der Waals surface area contributed by atoms with Crippen molar-refractivity contribution in [3.8, 4) is 0 Å². The maximum atomic E-state index is 6.43. The number of morpholine rings is 1. The first-order valence-corrected chi connectivity index (χ1v) is 12.0. The lowest BCUT2D eigenvalue weighted by Crippen LogP contribution is -2.77. The Labute approximate surface area is 181 Å². The first-order chi connectivity index (χ1) is 14.8. The molecule has 0 amide bonds. The molecule has 3 heterocycles. The molecule has 30 heavy (non-hydrogen) atoms. The number of nitrogens with one attached hydrogen (secondary N) is 1. The lowest BCUT2D eigenvalue weighted by Gasteiger charge is -2.61. The summed E-state index contributed by atoms with van der Waals surface area (Å²) in [6.45, 7) is 9.61. The second-order valence-electron chi connectivity index (χ2n) is 8.80. The van der Waals surface area contributed by atoms with Crippen LogP contribution in [0, 0.1) is 0 Å². The van der Waals surface area contributed by atoms with Gasteiger partial charge in [-0.2, -0.15) is 0 Å². The van der Waals surface area contributed by atoms with E-state index < -0.39 is 0 Å². The van der Waals surface area contributed by atoms with Crippen LogP contribution in [0.4, 0.5) is 0 Å². The summed E-state index contributed by atoms with van der Waals surface area (Å²) in [5.74, 6) is 0. The van der Waals surface area contributed by atoms with E-state index in [9.17, 15) is 0 Å². The van der Waals surface area contributed by atoms with Crippen molar-refractivity contribution >= 4 is 10.9 Å². The average Bonchev–Trinajstić information content (AvgIpc) is 2.78. The van der Waals surface area contributed by atoms with E-state index in [1.54, 1.807) is 0 Å². The van der Waals surface area contributed by atoms with Gasteiger partial charge in [0.05, 0.1) is 12.1 Å². The van der Waals surface area contributed by atoms with Crippen LogP contribution in [-0.2, 0) is 4.74 Å². The van der Waals surface area contributed by atoms with Crippen LogP contribution in [0.25, 0.3) is 10.9 Å². The zero-order valence-electron chi connectivity index (χ0n) is 18.8. The molecular formula is C25H38N4O. The molecule has 2 unspecified atom stereocenters. The van der Waals surface area contributed by atoms with Crippen LogP contribution in [-0.4, -0.2) is 53.5 Å². The van der Waals surface area contributed by atoms with E-state index in [0.29, 0.717) is 0 Å². The Morgan fingerprint density at radius 2 is 1.90 bits per heavy atom. The number of nitrogens with zero attached hydrogens (tertiary/aromatic N) is 3. The summed E-state index contributed by atoms with van der Waals surface area (Å²) in [7, 11) is 0. The molecule has 4 rings (SSSR count). The van der Waals surface area contributed by atoms with Crippen LogP contribution in [0.15, 0.2) is 36.5 Å². The average molecular weight is 411 g/mol. The Hall–Kier alpha value is -1.53. The summed E-state index contributed by atoms with van der Waals surface area (Å²) in [4.78, 5) is 4.73. The minimum Gasteiger partial charge on any atom is -0.369 e. The highest BCUT2D eigenvalue weighted by Gasteiger charge is 2.55. The maximum absolute atomic E-state index is 6.43. The first kappa shape index (κ1) is 21.7. The Kier molecular flexibility index (Phi) is 7.37. The molecule has 2 atom stereocenters. The predicted octanol–water partition coefficient (Wildman–Crippen LogP) is 4.90. The van der Waals surface area contributed by atoms with Crippen LogP contribution < -0.4 is 5.32 Å². The summed E-state index contributed by atoms with van der Waals surface area (Å²) in [6.07, 6.45) is 10.8. The molecule has 2 aliphatic rings. The Morgan fingerprint density at radius 1 is 1.13 bits per heavy atom. The van der Waals surface area contributed by atoms with Crippen molar-refractivity contribution in [1.82, 2.24) is 20.3 Å². The van der Waals surface area contributed by atoms with Crippen molar-refractivity contribution in [3.63, 3.8) is 0 Å². The molecule has 1 N–H and O–H groups in total. The molecule has 1 aromatic heterocycles. The van der Waals surface area contributed by atoms with Crippen LogP contribution in [0.2, 0.25) is 0 Å². The summed E-state index contributed by atoms with van der Waals surface area (Å²) in [5, 5.41) is 10.3. The second kappa shape index (κ2) is 10.2. The molecule has 2 saturated heterocycles. The van der Waals surface area contributed by atoms with Crippen LogP contribution >= 0.6 is 0 Å². The Morgan fingerprint density at radius 3 is 2.60 bits per heavy atom. The molecule has 0 radical (unpaired) electrons. The van der Waals surface area contributed by atoms with Crippen molar-refractivity contribution in [1.29, 1.82) is 0 Å². The summed E-state index contributed by atoms with van der Waals surface area (Å²) in [6, 6.07) is 10.6. The molecule has 0 aliphatic carbocycles. The van der Waals surface area contributed by atoms with Crippen molar-refractivity contribution in [2.45, 2.75) is 70.6 Å². The lowest BCUT2D eigenvalue weighted by atomic mass is 9.84. The minimum atomic E-state index is -0.138. The highest BCUT2D eigenvalue weighted by Crippen LogP contribution is 2.44. The number of hydrazine groups is 1. The van der Waals surface area contributed by atoms with E-state index >= 15 is 0 Å². The topological polar surface area (TPSA) is 40.6 Å². The first-order valence-electron chi connectivity index (χ1n) is 12.0. The Balaban J connectivity index is 1.58. The lowest BCUT2D eigenvalue weighted by molar-refractivity contribution is -0.257. The predicted molar refractivity (Wildman–Crippen MR) is 123 cm³/mol. The number of fused-ring (bicyclic) bond motifs is 1. The molecule has 164 valence electrons. The smallest absolute Gasteiger partial charge is 0.117 e. The number of pyridine rings is 1. The third-order valence-corrected chi connectivity index (χ3v) is 6.71. The van der Waals surface area contributed by atoms with Crippen molar-refractivity contribution in [3.05, 3.63) is 42.1 Å². The van der Waals surface area contributed by atoms with E-state index in [2.05, 4.69) is 53.4 Å². The van der Waals surface area contributed by atoms with E-state index in [1.807, 2.05) is 12.3 Å². The van der Waals surface area contributed by atoms with Crippen molar-refractivity contribution in [2.75, 3.05) is 32.8 Å². The van der Waals surface area contributed by atoms with Crippen LogP contribution in [0.1, 0.15) is 70.5 Å². The number of unbranched alkanes of at least 4 members (excludes halogenated alkanes) is 4. The number of ether oxygens (including phenoxy) is 1. The zero-order valence-corrected chi connectivity index (χ0v) is 18.8. The zero-order chi connectivity index (χ0) is 20.8. The number of para-hydroxylation sites is 1. The summed E-state index contributed by atoms with van der Waals surface area (Å²) in [5.41, 5.74) is 2.10. The van der Waals surface area contributed by atoms with Gasteiger partial charge < -0.3 is 4.74 Å². The Bertz CT molecular complexity index is 803. The van der Waals surface area contributed by atoms with Gasteiger partial charge >= 0.3 is 0 Å². The number of aromatic nitrogens is 1. The van der Waals surface area contributed by atoms with Gasteiger partial charge in [-0.05, 0) is 31.4 Å². The van der Waals surface area contributed by atoms with Gasteiger partial charge in [-0.15, -0.1) is 0 Å². The molecule has 1 aromatic carbocycles. The summed E-state index contributed by atoms with van der Waals surface area (Å²) >= 11 is 0. The third-order valence-electron chi connectivity index (χ3n) is 6.71. The number of hydrogen-bond acceptors (Lipinski definition) is 5. The van der Waals surface area contributed by atoms with Crippen molar-refractivity contribution < 1.29 is 4.74 Å². The van der Waals surface area contributed by atoms with Gasteiger partial charge in [0.1, 0.15) is 11.8 Å². The van der Waals surface area contributed by atoms with Gasteiger partial charge in [0.2, 0.25) is 0 Å². The molecule has 0 bridgehead atoms. The molecule has 2 aromatic rings. The normalized spacial score (nSPS) is 24.6. The second-order valence-corrected chi connectivity index (χ2v) is 8.80. The SMILES string of the molecule is CCCCCN(CCCCC)N1CCC12NCCOC2c1cnc2ccccc2c1. The fourth-order valence-corrected chi connectivity index (χ4v) is 5.01. The molecule has 5 nitrogen and oxygen atoms in total. The number of hydrogen-bond donors (Lipinski definition) is 1. The fourth-order valence-electron chi connectivity index (χ4n) is 5.01. The molecular weight excluding hydrogens is 372 g/mol. The highest BCUT2D eigenvalue weighted by molar-refractivity contribution is 5.78. The third kappa shape index (κ3) is 4.40. The molecule has 0 saturated carbocycles. The molecule has 5 heteroatoms. The van der Waals surface area contributed by atoms with Gasteiger partial charge in [0, 0.05) is 43.3 Å². The molecule has 1 spiro atoms. The summed E-state index contributed by atoms with van der Waals surface area (Å²) < 4.78 is 6.43. The van der Waals surface area contributed by atoms with Gasteiger partial charge in [0.15, 0.2) is 0 Å².